The average Bonchev–Trinajstić information content (AvgIpc) is 2.37. The minimum atomic E-state index is -0.463. The first-order chi connectivity index (χ1) is 8.56. The summed E-state index contributed by atoms with van der Waals surface area (Å²) in [6.07, 6.45) is 1.55. The van der Waals surface area contributed by atoms with E-state index in [4.69, 9.17) is 0 Å². The number of esters is 2. The molecule has 1 aromatic heterocycles. The Balaban J connectivity index is 2.88. The van der Waals surface area contributed by atoms with Crippen molar-refractivity contribution < 1.29 is 19.1 Å². The first kappa shape index (κ1) is 13.9. The van der Waals surface area contributed by atoms with Crippen molar-refractivity contribution in [2.24, 2.45) is 0 Å². The van der Waals surface area contributed by atoms with Crippen LogP contribution in [0.25, 0.3) is 0 Å². The molecular formula is C11H15N3O4. The molecule has 0 bridgehead atoms. The number of rotatable bonds is 5. The number of carbonyl (C=O) groups is 2. The molecule has 0 aliphatic rings. The topological polar surface area (TPSA) is 81.6 Å². The van der Waals surface area contributed by atoms with Crippen LogP contribution in [0.1, 0.15) is 5.82 Å². The standard InChI is InChI=1S/C11H15N3O4/c1-8-12-5-4-9(13-8)14(6-10(15)17-2)7-11(16)18-3/h4-5H,6-7H2,1-3H3. The van der Waals surface area contributed by atoms with Gasteiger partial charge in [0, 0.05) is 6.20 Å². The molecule has 0 spiro atoms. The third kappa shape index (κ3) is 4.00. The molecule has 1 aromatic rings. The summed E-state index contributed by atoms with van der Waals surface area (Å²) in [6, 6.07) is 1.61. The molecule has 7 nitrogen and oxygen atoms in total. The molecule has 0 atom stereocenters. The van der Waals surface area contributed by atoms with Crippen LogP contribution < -0.4 is 4.90 Å². The summed E-state index contributed by atoms with van der Waals surface area (Å²) < 4.78 is 9.14. The molecule has 0 unspecified atom stereocenters. The fraction of sp³-hybridized carbons (Fsp3) is 0.455. The van der Waals surface area contributed by atoms with Crippen LogP contribution in [0.2, 0.25) is 0 Å². The molecule has 1 rings (SSSR count). The number of anilines is 1. The van der Waals surface area contributed by atoms with Crippen molar-refractivity contribution in [3.8, 4) is 0 Å². The Bertz CT molecular complexity index is 418. The van der Waals surface area contributed by atoms with Gasteiger partial charge in [-0.3, -0.25) is 9.59 Å². The van der Waals surface area contributed by atoms with Gasteiger partial charge >= 0.3 is 11.9 Å². The summed E-state index contributed by atoms with van der Waals surface area (Å²) in [5.74, 6) is 0.0934. The van der Waals surface area contributed by atoms with Crippen LogP contribution in [0.3, 0.4) is 0 Å². The van der Waals surface area contributed by atoms with Gasteiger partial charge in [0.2, 0.25) is 0 Å². The van der Waals surface area contributed by atoms with Crippen LogP contribution in [0.5, 0.6) is 0 Å². The van der Waals surface area contributed by atoms with E-state index in [0.717, 1.165) is 0 Å². The second-order valence-electron chi connectivity index (χ2n) is 3.47. The molecule has 0 amide bonds. The monoisotopic (exact) mass is 253 g/mol. The van der Waals surface area contributed by atoms with Crippen LogP contribution in [0.4, 0.5) is 5.82 Å². The summed E-state index contributed by atoms with van der Waals surface area (Å²) in [5, 5.41) is 0. The summed E-state index contributed by atoms with van der Waals surface area (Å²) in [7, 11) is 2.56. The molecule has 0 fully saturated rings. The van der Waals surface area contributed by atoms with E-state index in [2.05, 4.69) is 19.4 Å². The maximum absolute atomic E-state index is 11.3. The van der Waals surface area contributed by atoms with Gasteiger partial charge in [-0.15, -0.1) is 0 Å². The second kappa shape index (κ2) is 6.53. The number of hydrogen-bond acceptors (Lipinski definition) is 7. The van der Waals surface area contributed by atoms with Crippen LogP contribution >= 0.6 is 0 Å². The smallest absolute Gasteiger partial charge is 0.325 e. The maximum atomic E-state index is 11.3. The molecule has 0 aromatic carbocycles. The van der Waals surface area contributed by atoms with E-state index < -0.39 is 11.9 Å². The Morgan fingerprint density at radius 3 is 2.22 bits per heavy atom. The van der Waals surface area contributed by atoms with Gasteiger partial charge in [-0.05, 0) is 13.0 Å². The normalized spacial score (nSPS) is 9.72. The van der Waals surface area contributed by atoms with E-state index in [1.165, 1.54) is 19.1 Å². The summed E-state index contributed by atoms with van der Waals surface area (Å²) >= 11 is 0. The molecule has 0 saturated carbocycles. The minimum Gasteiger partial charge on any atom is -0.468 e. The van der Waals surface area contributed by atoms with Gasteiger partial charge in [-0.2, -0.15) is 0 Å². The second-order valence-corrected chi connectivity index (χ2v) is 3.47. The van der Waals surface area contributed by atoms with E-state index in [-0.39, 0.29) is 13.1 Å². The van der Waals surface area contributed by atoms with Crippen LogP contribution in [-0.2, 0) is 19.1 Å². The number of methoxy groups -OCH3 is 2. The highest BCUT2D eigenvalue weighted by Crippen LogP contribution is 2.09. The first-order valence-corrected chi connectivity index (χ1v) is 5.25. The zero-order valence-electron chi connectivity index (χ0n) is 10.5. The lowest BCUT2D eigenvalue weighted by atomic mass is 10.4. The number of ether oxygens (including phenoxy) is 2. The first-order valence-electron chi connectivity index (χ1n) is 5.25. The number of nitrogens with zero attached hydrogens (tertiary/aromatic N) is 3. The number of aromatic nitrogens is 2. The van der Waals surface area contributed by atoms with Gasteiger partial charge in [0.15, 0.2) is 0 Å². The zero-order chi connectivity index (χ0) is 13.5. The van der Waals surface area contributed by atoms with Crippen molar-refractivity contribution in [1.29, 1.82) is 0 Å². The van der Waals surface area contributed by atoms with E-state index in [0.29, 0.717) is 11.6 Å². The highest BCUT2D eigenvalue weighted by molar-refractivity contribution is 5.80. The Kier molecular flexibility index (Phi) is 5.04. The van der Waals surface area contributed by atoms with Crippen LogP contribution in [0, 0.1) is 6.92 Å². The quantitative estimate of drug-likeness (QED) is 0.680. The SMILES string of the molecule is COC(=O)CN(CC(=O)OC)c1ccnc(C)n1. The Morgan fingerprint density at radius 2 is 1.78 bits per heavy atom. The van der Waals surface area contributed by atoms with Crippen molar-refractivity contribution in [2.45, 2.75) is 6.92 Å². The van der Waals surface area contributed by atoms with E-state index in [1.807, 2.05) is 0 Å². The van der Waals surface area contributed by atoms with Crippen LogP contribution in [-0.4, -0.2) is 49.2 Å². The van der Waals surface area contributed by atoms with Gasteiger partial charge in [0.1, 0.15) is 24.7 Å². The average molecular weight is 253 g/mol. The molecule has 0 saturated heterocycles. The van der Waals surface area contributed by atoms with Crippen molar-refractivity contribution in [3.63, 3.8) is 0 Å². The van der Waals surface area contributed by atoms with E-state index >= 15 is 0 Å². The maximum Gasteiger partial charge on any atom is 0.325 e. The van der Waals surface area contributed by atoms with Gasteiger partial charge in [0.25, 0.3) is 0 Å². The lowest BCUT2D eigenvalue weighted by Crippen LogP contribution is -2.36. The van der Waals surface area contributed by atoms with Crippen molar-refractivity contribution in [2.75, 3.05) is 32.2 Å². The molecule has 1 heterocycles. The van der Waals surface area contributed by atoms with Crippen molar-refractivity contribution in [1.82, 2.24) is 9.97 Å². The molecule has 0 aliphatic heterocycles. The lowest BCUT2D eigenvalue weighted by molar-refractivity contribution is -0.140. The van der Waals surface area contributed by atoms with Gasteiger partial charge in [0.05, 0.1) is 14.2 Å². The van der Waals surface area contributed by atoms with Crippen LogP contribution in [0.15, 0.2) is 12.3 Å². The molecule has 98 valence electrons. The van der Waals surface area contributed by atoms with Crippen molar-refractivity contribution >= 4 is 17.8 Å². The summed E-state index contributed by atoms with van der Waals surface area (Å²) in [5.41, 5.74) is 0. The lowest BCUT2D eigenvalue weighted by Gasteiger charge is -2.20. The minimum absolute atomic E-state index is 0.0813. The number of aryl methyl sites for hydroxylation is 1. The molecule has 0 radical (unpaired) electrons. The third-order valence-electron chi connectivity index (χ3n) is 2.18. The highest BCUT2D eigenvalue weighted by Gasteiger charge is 2.17. The van der Waals surface area contributed by atoms with Crippen molar-refractivity contribution in [3.05, 3.63) is 18.1 Å². The highest BCUT2D eigenvalue weighted by atomic mass is 16.5. The predicted molar refractivity (Wildman–Crippen MR) is 63.0 cm³/mol. The summed E-state index contributed by atoms with van der Waals surface area (Å²) in [6.45, 7) is 1.56. The summed E-state index contributed by atoms with van der Waals surface area (Å²) in [4.78, 5) is 32.1. The molecule has 18 heavy (non-hydrogen) atoms. The third-order valence-corrected chi connectivity index (χ3v) is 2.18. The molecule has 0 N–H and O–H groups in total. The molecule has 7 heteroatoms. The number of carbonyl (C=O) groups excluding carboxylic acids is 2. The predicted octanol–water partition coefficient (Wildman–Crippen LogP) is -0.0626. The van der Waals surface area contributed by atoms with Gasteiger partial charge in [-0.1, -0.05) is 0 Å². The Labute approximate surface area is 105 Å². The zero-order valence-corrected chi connectivity index (χ0v) is 10.5. The van der Waals surface area contributed by atoms with E-state index in [1.54, 1.807) is 19.2 Å². The Morgan fingerprint density at radius 1 is 1.22 bits per heavy atom. The van der Waals surface area contributed by atoms with Gasteiger partial charge in [-0.25, -0.2) is 9.97 Å². The molecular weight excluding hydrogens is 238 g/mol. The van der Waals surface area contributed by atoms with Gasteiger partial charge < -0.3 is 14.4 Å². The largest absolute Gasteiger partial charge is 0.468 e. The fourth-order valence-electron chi connectivity index (χ4n) is 1.28. The Hall–Kier alpha value is -2.18. The number of hydrogen-bond donors (Lipinski definition) is 0. The fourth-order valence-corrected chi connectivity index (χ4v) is 1.28. The van der Waals surface area contributed by atoms with E-state index in [9.17, 15) is 9.59 Å². The molecule has 0 aliphatic carbocycles.